The molecule has 2 aromatic carbocycles. The Kier molecular flexibility index (Phi) is 6.65. The van der Waals surface area contributed by atoms with Gasteiger partial charge in [-0.2, -0.15) is 0 Å². The number of nitrogens with zero attached hydrogens (tertiary/aromatic N) is 4. The van der Waals surface area contributed by atoms with Gasteiger partial charge in [0, 0.05) is 62.5 Å². The van der Waals surface area contributed by atoms with Gasteiger partial charge in [0.1, 0.15) is 6.04 Å². The van der Waals surface area contributed by atoms with E-state index in [9.17, 15) is 24.0 Å². The van der Waals surface area contributed by atoms with Crippen LogP contribution in [0.5, 0.6) is 0 Å². The highest BCUT2D eigenvalue weighted by atomic mass is 16.2. The molecule has 3 fully saturated rings. The van der Waals surface area contributed by atoms with Crippen molar-refractivity contribution in [3.63, 3.8) is 0 Å². The first-order chi connectivity index (χ1) is 20.6. The molecular weight excluding hydrogens is 546 g/mol. The Morgan fingerprint density at radius 3 is 2.05 bits per heavy atom. The first kappa shape index (κ1) is 27.8. The van der Waals surface area contributed by atoms with E-state index in [-0.39, 0.29) is 30.2 Å². The monoisotopic (exact) mass is 583 g/mol. The number of imide groups is 2. The van der Waals surface area contributed by atoms with Gasteiger partial charge in [-0.05, 0) is 93.0 Å². The Morgan fingerprint density at radius 2 is 1.51 bits per heavy atom. The van der Waals surface area contributed by atoms with Gasteiger partial charge in [0.25, 0.3) is 17.7 Å². The number of piperidine rings is 2. The number of amides is 5. The molecule has 10 heteroatoms. The van der Waals surface area contributed by atoms with E-state index in [1.165, 1.54) is 0 Å². The maximum absolute atomic E-state index is 13.2. The molecule has 0 radical (unpaired) electrons. The van der Waals surface area contributed by atoms with Gasteiger partial charge >= 0.3 is 0 Å². The number of likely N-dealkylation sites (tertiary alicyclic amines) is 1. The van der Waals surface area contributed by atoms with Gasteiger partial charge in [-0.1, -0.05) is 0 Å². The van der Waals surface area contributed by atoms with Crippen LogP contribution in [0.15, 0.2) is 36.4 Å². The van der Waals surface area contributed by atoms with Crippen LogP contribution in [0.2, 0.25) is 0 Å². The lowest BCUT2D eigenvalue weighted by atomic mass is 9.88. The fourth-order valence-electron chi connectivity index (χ4n) is 7.32. The Labute approximate surface area is 251 Å². The number of anilines is 1. The van der Waals surface area contributed by atoms with Gasteiger partial charge in [0.15, 0.2) is 0 Å². The second kappa shape index (κ2) is 10.3. The SMILES string of the molecule is CC1(C)CCN1C(=O)c1ccc(N2CCC(CN3Cc4cc5c(cc4C3)C(=O)N(C3CCC(=O)NC3=O)C5=O)CC2)cc1. The van der Waals surface area contributed by atoms with Gasteiger partial charge in [-0.15, -0.1) is 0 Å². The van der Waals surface area contributed by atoms with Crippen molar-refractivity contribution in [1.82, 2.24) is 20.0 Å². The quantitative estimate of drug-likeness (QED) is 0.539. The van der Waals surface area contributed by atoms with E-state index in [1.807, 2.05) is 29.2 Å². The number of hydrogen-bond donors (Lipinski definition) is 1. The molecule has 5 heterocycles. The molecule has 0 aliphatic carbocycles. The second-order valence-electron chi connectivity index (χ2n) is 13.3. The fourth-order valence-corrected chi connectivity index (χ4v) is 7.32. The normalized spacial score (nSPS) is 23.8. The van der Waals surface area contributed by atoms with E-state index in [4.69, 9.17) is 0 Å². The van der Waals surface area contributed by atoms with Gasteiger partial charge in [-0.25, -0.2) is 0 Å². The molecule has 0 bridgehead atoms. The number of hydrogen-bond acceptors (Lipinski definition) is 7. The topological polar surface area (TPSA) is 110 Å². The van der Waals surface area contributed by atoms with Crippen molar-refractivity contribution < 1.29 is 24.0 Å². The Morgan fingerprint density at radius 1 is 0.884 bits per heavy atom. The Hall–Kier alpha value is -4.05. The predicted molar refractivity (Wildman–Crippen MR) is 158 cm³/mol. The summed E-state index contributed by atoms with van der Waals surface area (Å²) in [6.07, 6.45) is 3.46. The standard InChI is InChI=1S/C33H37N5O5/c1-33(2)11-14-37(33)30(41)21-3-5-24(6-4-21)36-12-9-20(10-13-36)17-35-18-22-15-25-26(16-23(22)19-35)32(43)38(31(25)42)27-7-8-28(39)34-29(27)40/h3-6,15-16,20,27H,7-14,17-19H2,1-2H3,(H,34,39,40). The molecule has 7 rings (SSSR count). The van der Waals surface area contributed by atoms with E-state index in [2.05, 4.69) is 41.1 Å². The molecule has 1 N–H and O–H groups in total. The Bertz CT molecular complexity index is 1500. The van der Waals surface area contributed by atoms with Gasteiger partial charge in [-0.3, -0.25) is 39.1 Å². The summed E-state index contributed by atoms with van der Waals surface area (Å²) in [6.45, 7) is 9.39. The number of nitrogens with one attached hydrogen (secondary N) is 1. The lowest BCUT2D eigenvalue weighted by Crippen LogP contribution is -2.58. The van der Waals surface area contributed by atoms with Crippen LogP contribution in [0.4, 0.5) is 5.69 Å². The first-order valence-corrected chi connectivity index (χ1v) is 15.4. The number of carbonyl (C=O) groups is 5. The molecule has 0 aromatic heterocycles. The molecule has 1 unspecified atom stereocenters. The second-order valence-corrected chi connectivity index (χ2v) is 13.3. The minimum atomic E-state index is -0.944. The van der Waals surface area contributed by atoms with E-state index in [0.29, 0.717) is 17.0 Å². The third-order valence-electron chi connectivity index (χ3n) is 10.1. The van der Waals surface area contributed by atoms with E-state index in [0.717, 1.165) is 85.8 Å². The summed E-state index contributed by atoms with van der Waals surface area (Å²) in [7, 11) is 0. The van der Waals surface area contributed by atoms with Gasteiger partial charge in [0.05, 0.1) is 11.1 Å². The van der Waals surface area contributed by atoms with E-state index < -0.39 is 23.8 Å². The van der Waals surface area contributed by atoms with Crippen LogP contribution >= 0.6 is 0 Å². The molecule has 3 saturated heterocycles. The van der Waals surface area contributed by atoms with Crippen LogP contribution in [0.1, 0.15) is 88.2 Å². The summed E-state index contributed by atoms with van der Waals surface area (Å²) in [5.74, 6) is -1.21. The number of benzene rings is 2. The van der Waals surface area contributed by atoms with Crippen molar-refractivity contribution in [3.05, 3.63) is 64.2 Å². The first-order valence-electron chi connectivity index (χ1n) is 15.4. The molecule has 5 amide bonds. The van der Waals surface area contributed by atoms with Gasteiger partial charge < -0.3 is 9.80 Å². The Balaban J connectivity index is 0.936. The van der Waals surface area contributed by atoms with Crippen LogP contribution in [-0.4, -0.2) is 82.0 Å². The zero-order valence-electron chi connectivity index (χ0n) is 24.7. The molecule has 10 nitrogen and oxygen atoms in total. The summed E-state index contributed by atoms with van der Waals surface area (Å²) in [6, 6.07) is 10.8. The molecule has 5 aliphatic heterocycles. The highest BCUT2D eigenvalue weighted by molar-refractivity contribution is 6.23. The van der Waals surface area contributed by atoms with Gasteiger partial charge in [0.2, 0.25) is 11.8 Å². The predicted octanol–water partition coefficient (Wildman–Crippen LogP) is 2.94. The summed E-state index contributed by atoms with van der Waals surface area (Å²) in [4.78, 5) is 70.9. The smallest absolute Gasteiger partial charge is 0.262 e. The maximum Gasteiger partial charge on any atom is 0.262 e. The average Bonchev–Trinajstić information content (AvgIpc) is 3.48. The zero-order valence-corrected chi connectivity index (χ0v) is 24.7. The lowest BCUT2D eigenvalue weighted by molar-refractivity contribution is -0.136. The van der Waals surface area contributed by atoms with Crippen LogP contribution in [-0.2, 0) is 22.7 Å². The van der Waals surface area contributed by atoms with Crippen LogP contribution in [0.25, 0.3) is 0 Å². The largest absolute Gasteiger partial charge is 0.372 e. The van der Waals surface area contributed by atoms with Crippen LogP contribution in [0.3, 0.4) is 0 Å². The zero-order chi connectivity index (χ0) is 30.0. The highest BCUT2D eigenvalue weighted by Gasteiger charge is 2.45. The third-order valence-corrected chi connectivity index (χ3v) is 10.1. The van der Waals surface area contributed by atoms with Crippen molar-refractivity contribution in [2.24, 2.45) is 5.92 Å². The summed E-state index contributed by atoms with van der Waals surface area (Å²) in [5, 5.41) is 2.24. The molecule has 1 atom stereocenters. The van der Waals surface area contributed by atoms with E-state index in [1.54, 1.807) is 0 Å². The minimum absolute atomic E-state index is 0.0534. The molecular formula is C33H37N5O5. The summed E-state index contributed by atoms with van der Waals surface area (Å²) in [5.41, 5.74) is 4.66. The lowest BCUT2D eigenvalue weighted by Gasteiger charge is -2.48. The third kappa shape index (κ3) is 4.81. The molecule has 5 aliphatic rings. The summed E-state index contributed by atoms with van der Waals surface area (Å²) < 4.78 is 0. The van der Waals surface area contributed by atoms with Crippen molar-refractivity contribution in [2.45, 2.75) is 70.6 Å². The van der Waals surface area contributed by atoms with Crippen LogP contribution in [0, 0.1) is 5.92 Å². The highest BCUT2D eigenvalue weighted by Crippen LogP contribution is 2.35. The molecule has 43 heavy (non-hydrogen) atoms. The molecule has 2 aromatic rings. The van der Waals surface area contributed by atoms with E-state index >= 15 is 0 Å². The van der Waals surface area contributed by atoms with Crippen molar-refractivity contribution in [1.29, 1.82) is 0 Å². The molecule has 224 valence electrons. The van der Waals surface area contributed by atoms with Crippen molar-refractivity contribution >= 4 is 35.2 Å². The average molecular weight is 584 g/mol. The maximum atomic E-state index is 13.2. The number of carbonyl (C=O) groups excluding carboxylic acids is 5. The molecule has 0 spiro atoms. The number of fused-ring (bicyclic) bond motifs is 2. The fraction of sp³-hybridized carbons (Fsp3) is 0.485. The minimum Gasteiger partial charge on any atom is -0.372 e. The molecule has 0 saturated carbocycles. The van der Waals surface area contributed by atoms with Crippen molar-refractivity contribution in [2.75, 3.05) is 31.1 Å². The van der Waals surface area contributed by atoms with Crippen LogP contribution < -0.4 is 10.2 Å². The summed E-state index contributed by atoms with van der Waals surface area (Å²) >= 11 is 0. The number of rotatable bonds is 5. The van der Waals surface area contributed by atoms with Crippen molar-refractivity contribution in [3.8, 4) is 0 Å².